The molecule has 1 unspecified atom stereocenters. The first-order valence-electron chi connectivity index (χ1n) is 8.19. The molecule has 4 nitrogen and oxygen atoms in total. The van der Waals surface area contributed by atoms with E-state index in [1.807, 2.05) is 52.0 Å². The number of rotatable bonds is 4. The van der Waals surface area contributed by atoms with E-state index in [1.165, 1.54) is 0 Å². The summed E-state index contributed by atoms with van der Waals surface area (Å²) in [6.07, 6.45) is 0. The second kappa shape index (κ2) is 7.17. The molecule has 0 saturated carbocycles. The van der Waals surface area contributed by atoms with Gasteiger partial charge in [-0.3, -0.25) is 0 Å². The Morgan fingerprint density at radius 1 is 0.962 bits per heavy atom. The number of hydrogen-bond donors (Lipinski definition) is 1. The zero-order chi connectivity index (χ0) is 19.1. The van der Waals surface area contributed by atoms with Gasteiger partial charge >= 0.3 is 7.12 Å². The standard InChI is InChI=1S/C18H20BCl2NO3S/c1-17(2)18(3,4)25-19(24-17)12-8-10-13(11-9-12)22-26(23)15-7-5-6-14(20)16(15)21/h5-11,22H,1-4H3. The molecule has 1 atom stereocenters. The van der Waals surface area contributed by atoms with E-state index in [1.54, 1.807) is 18.2 Å². The van der Waals surface area contributed by atoms with Crippen molar-refractivity contribution in [1.82, 2.24) is 0 Å². The minimum Gasteiger partial charge on any atom is -0.399 e. The minimum absolute atomic E-state index is 0.286. The van der Waals surface area contributed by atoms with Gasteiger partial charge in [0, 0.05) is 5.69 Å². The lowest BCUT2D eigenvalue weighted by atomic mass is 9.79. The molecule has 3 rings (SSSR count). The molecule has 1 heterocycles. The van der Waals surface area contributed by atoms with Crippen molar-refractivity contribution < 1.29 is 13.5 Å². The smallest absolute Gasteiger partial charge is 0.399 e. The largest absolute Gasteiger partial charge is 0.494 e. The van der Waals surface area contributed by atoms with Gasteiger partial charge in [-0.25, -0.2) is 4.21 Å². The molecule has 2 aromatic rings. The second-order valence-electron chi connectivity index (χ2n) is 7.13. The number of benzene rings is 2. The lowest BCUT2D eigenvalue weighted by Gasteiger charge is -2.32. The van der Waals surface area contributed by atoms with Crippen LogP contribution in [0.5, 0.6) is 0 Å². The van der Waals surface area contributed by atoms with Crippen molar-refractivity contribution in [2.75, 3.05) is 4.72 Å². The summed E-state index contributed by atoms with van der Waals surface area (Å²) in [5.41, 5.74) is 0.819. The Balaban J connectivity index is 1.73. The fraction of sp³-hybridized carbons (Fsp3) is 0.333. The summed E-state index contributed by atoms with van der Waals surface area (Å²) in [5.74, 6) is 0. The van der Waals surface area contributed by atoms with Gasteiger partial charge in [-0.15, -0.1) is 0 Å². The van der Waals surface area contributed by atoms with E-state index in [2.05, 4.69) is 4.72 Å². The third-order valence-electron chi connectivity index (χ3n) is 4.76. The van der Waals surface area contributed by atoms with Crippen LogP contribution in [-0.2, 0) is 20.3 Å². The highest BCUT2D eigenvalue weighted by Gasteiger charge is 2.51. The van der Waals surface area contributed by atoms with Crippen molar-refractivity contribution >= 4 is 52.5 Å². The Labute approximate surface area is 166 Å². The van der Waals surface area contributed by atoms with Crippen LogP contribution in [0.2, 0.25) is 10.0 Å². The molecular formula is C18H20BCl2NO3S. The van der Waals surface area contributed by atoms with Gasteiger partial charge in [0.15, 0.2) is 11.0 Å². The first-order chi connectivity index (χ1) is 12.1. The third kappa shape index (κ3) is 3.80. The van der Waals surface area contributed by atoms with E-state index in [-0.39, 0.29) is 16.2 Å². The molecule has 2 aromatic carbocycles. The predicted molar refractivity (Wildman–Crippen MR) is 109 cm³/mol. The maximum Gasteiger partial charge on any atom is 0.494 e. The Morgan fingerprint density at radius 2 is 1.54 bits per heavy atom. The summed E-state index contributed by atoms with van der Waals surface area (Å²) in [5, 5.41) is 0.657. The van der Waals surface area contributed by atoms with Crippen LogP contribution in [0.4, 0.5) is 5.69 Å². The van der Waals surface area contributed by atoms with Gasteiger partial charge in [-0.05, 0) is 57.4 Å². The molecule has 138 valence electrons. The van der Waals surface area contributed by atoms with Crippen LogP contribution in [0.1, 0.15) is 27.7 Å². The van der Waals surface area contributed by atoms with Crippen molar-refractivity contribution in [3.8, 4) is 0 Å². The lowest BCUT2D eigenvalue weighted by Crippen LogP contribution is -2.41. The van der Waals surface area contributed by atoms with Crippen molar-refractivity contribution in [3.05, 3.63) is 52.5 Å². The molecule has 0 amide bonds. The van der Waals surface area contributed by atoms with E-state index in [4.69, 9.17) is 32.5 Å². The van der Waals surface area contributed by atoms with Crippen molar-refractivity contribution in [2.24, 2.45) is 0 Å². The van der Waals surface area contributed by atoms with Crippen molar-refractivity contribution in [2.45, 2.75) is 43.8 Å². The Morgan fingerprint density at radius 3 is 2.12 bits per heavy atom. The monoisotopic (exact) mass is 411 g/mol. The van der Waals surface area contributed by atoms with Crippen molar-refractivity contribution in [1.29, 1.82) is 0 Å². The zero-order valence-corrected chi connectivity index (χ0v) is 17.3. The van der Waals surface area contributed by atoms with Crippen LogP contribution in [0, 0.1) is 0 Å². The summed E-state index contributed by atoms with van der Waals surface area (Å²) < 4.78 is 27.5. The molecule has 0 aromatic heterocycles. The van der Waals surface area contributed by atoms with Crippen LogP contribution < -0.4 is 10.2 Å². The molecule has 1 N–H and O–H groups in total. The van der Waals surface area contributed by atoms with Crippen LogP contribution in [0.25, 0.3) is 0 Å². The predicted octanol–water partition coefficient (Wildman–Crippen LogP) is 4.43. The molecule has 1 aliphatic rings. The van der Waals surface area contributed by atoms with Crippen LogP contribution in [-0.4, -0.2) is 22.5 Å². The fourth-order valence-corrected chi connectivity index (χ4v) is 3.98. The molecular weight excluding hydrogens is 392 g/mol. The number of nitrogens with one attached hydrogen (secondary N) is 1. The molecule has 8 heteroatoms. The summed E-state index contributed by atoms with van der Waals surface area (Å²) >= 11 is 12.1. The number of halogens is 2. The Hall–Kier alpha value is -1.05. The van der Waals surface area contributed by atoms with Crippen molar-refractivity contribution in [3.63, 3.8) is 0 Å². The molecule has 26 heavy (non-hydrogen) atoms. The Bertz CT molecular complexity index is 827. The zero-order valence-electron chi connectivity index (χ0n) is 15.0. The summed E-state index contributed by atoms with van der Waals surface area (Å²) in [6.45, 7) is 8.06. The highest BCUT2D eigenvalue weighted by molar-refractivity contribution is 7.86. The van der Waals surface area contributed by atoms with Gasteiger partial charge in [-0.1, -0.05) is 41.4 Å². The van der Waals surface area contributed by atoms with Crippen LogP contribution in [0.15, 0.2) is 47.4 Å². The van der Waals surface area contributed by atoms with Gasteiger partial charge in [0.05, 0.1) is 26.1 Å². The molecule has 1 aliphatic heterocycles. The Kier molecular flexibility index (Phi) is 5.44. The van der Waals surface area contributed by atoms with E-state index < -0.39 is 18.1 Å². The SMILES string of the molecule is CC1(C)OB(c2ccc(NS(=O)c3cccc(Cl)c3Cl)cc2)OC1(C)C. The number of anilines is 1. The molecule has 0 aliphatic carbocycles. The average molecular weight is 412 g/mol. The van der Waals surface area contributed by atoms with Gasteiger partial charge < -0.3 is 14.0 Å². The average Bonchev–Trinajstić information content (AvgIpc) is 2.78. The van der Waals surface area contributed by atoms with E-state index >= 15 is 0 Å². The van der Waals surface area contributed by atoms with E-state index in [0.717, 1.165) is 5.46 Å². The first-order valence-corrected chi connectivity index (χ1v) is 10.1. The maximum atomic E-state index is 12.5. The fourth-order valence-electron chi connectivity index (χ4n) is 2.48. The molecule has 0 spiro atoms. The van der Waals surface area contributed by atoms with Gasteiger partial charge in [0.1, 0.15) is 0 Å². The first kappa shape index (κ1) is 19.7. The maximum absolute atomic E-state index is 12.5. The van der Waals surface area contributed by atoms with Gasteiger partial charge in [0.25, 0.3) is 0 Å². The van der Waals surface area contributed by atoms with E-state index in [9.17, 15) is 4.21 Å². The highest BCUT2D eigenvalue weighted by atomic mass is 35.5. The third-order valence-corrected chi connectivity index (χ3v) is 6.85. The van der Waals surface area contributed by atoms with Gasteiger partial charge in [0.2, 0.25) is 0 Å². The van der Waals surface area contributed by atoms with Gasteiger partial charge in [-0.2, -0.15) is 0 Å². The molecule has 0 radical (unpaired) electrons. The quantitative estimate of drug-likeness (QED) is 0.757. The number of hydrogen-bond acceptors (Lipinski definition) is 3. The normalized spacial score (nSPS) is 19.4. The summed E-state index contributed by atoms with van der Waals surface area (Å²) in [4.78, 5) is 0.439. The van der Waals surface area contributed by atoms with Crippen LogP contribution >= 0.6 is 23.2 Å². The topological polar surface area (TPSA) is 47.6 Å². The molecule has 0 bridgehead atoms. The highest BCUT2D eigenvalue weighted by Crippen LogP contribution is 2.36. The lowest BCUT2D eigenvalue weighted by molar-refractivity contribution is 0.00578. The van der Waals surface area contributed by atoms with E-state index in [0.29, 0.717) is 15.6 Å². The second-order valence-corrected chi connectivity index (χ2v) is 9.10. The minimum atomic E-state index is -1.52. The summed E-state index contributed by atoms with van der Waals surface area (Å²) in [7, 11) is -1.95. The van der Waals surface area contributed by atoms with Crippen LogP contribution in [0.3, 0.4) is 0 Å². The summed E-state index contributed by atoms with van der Waals surface area (Å²) in [6, 6.07) is 12.5. The molecule has 1 saturated heterocycles. The molecule has 1 fully saturated rings.